The Morgan fingerprint density at radius 3 is 2.72 bits per heavy atom. The van der Waals surface area contributed by atoms with Crippen LogP contribution in [0.2, 0.25) is 0 Å². The van der Waals surface area contributed by atoms with Gasteiger partial charge in [-0.25, -0.2) is 14.5 Å². The normalized spacial score (nSPS) is 19.4. The molecular weight excluding hydrogens is 318 g/mol. The number of rotatable bonds is 5. The molecule has 0 spiro atoms. The van der Waals surface area contributed by atoms with Crippen LogP contribution in [0.5, 0.6) is 0 Å². The zero-order valence-electron chi connectivity index (χ0n) is 14.9. The third-order valence-corrected chi connectivity index (χ3v) is 4.83. The average molecular weight is 343 g/mol. The molecular formula is C18H25N5O2. The topological polar surface area (TPSA) is 72.3 Å². The highest BCUT2D eigenvalue weighted by molar-refractivity contribution is 5.74. The van der Waals surface area contributed by atoms with Crippen molar-refractivity contribution in [3.63, 3.8) is 0 Å². The van der Waals surface area contributed by atoms with E-state index in [2.05, 4.69) is 15.4 Å². The SMILES string of the molecule is C[C@H](NC(=O)N(C)[C@@H](C)c1ccc(-n2cncn2)cc1)[C@@H]1CCCO1. The van der Waals surface area contributed by atoms with E-state index in [4.69, 9.17) is 4.74 Å². The summed E-state index contributed by atoms with van der Waals surface area (Å²) >= 11 is 0. The van der Waals surface area contributed by atoms with Gasteiger partial charge >= 0.3 is 6.03 Å². The Balaban J connectivity index is 1.61. The number of urea groups is 1. The highest BCUT2D eigenvalue weighted by atomic mass is 16.5. The van der Waals surface area contributed by atoms with Crippen LogP contribution < -0.4 is 5.32 Å². The number of hydrogen-bond acceptors (Lipinski definition) is 4. The molecule has 1 aromatic carbocycles. The van der Waals surface area contributed by atoms with Crippen molar-refractivity contribution in [1.82, 2.24) is 25.0 Å². The first-order valence-electron chi connectivity index (χ1n) is 8.66. The molecule has 2 heterocycles. The largest absolute Gasteiger partial charge is 0.376 e. The fourth-order valence-electron chi connectivity index (χ4n) is 3.03. The molecule has 0 radical (unpaired) electrons. The van der Waals surface area contributed by atoms with Gasteiger partial charge in [0.2, 0.25) is 0 Å². The van der Waals surface area contributed by atoms with Crippen molar-refractivity contribution in [1.29, 1.82) is 0 Å². The van der Waals surface area contributed by atoms with Gasteiger partial charge in [-0.15, -0.1) is 0 Å². The lowest BCUT2D eigenvalue weighted by Crippen LogP contribution is -2.47. The molecule has 7 nitrogen and oxygen atoms in total. The third kappa shape index (κ3) is 3.99. The second-order valence-electron chi connectivity index (χ2n) is 6.51. The molecule has 1 aromatic heterocycles. The van der Waals surface area contributed by atoms with Crippen LogP contribution in [-0.2, 0) is 4.74 Å². The summed E-state index contributed by atoms with van der Waals surface area (Å²) in [5.41, 5.74) is 2.00. The molecule has 1 aliphatic rings. The van der Waals surface area contributed by atoms with Crippen LogP contribution in [0.4, 0.5) is 4.79 Å². The van der Waals surface area contributed by atoms with E-state index in [1.165, 1.54) is 6.33 Å². The van der Waals surface area contributed by atoms with Crippen molar-refractivity contribution >= 4 is 6.03 Å². The van der Waals surface area contributed by atoms with Crippen LogP contribution in [-0.4, -0.2) is 51.5 Å². The summed E-state index contributed by atoms with van der Waals surface area (Å²) in [6, 6.07) is 7.85. The van der Waals surface area contributed by atoms with Crippen LogP contribution in [0, 0.1) is 0 Å². The molecule has 2 amide bonds. The van der Waals surface area contributed by atoms with Crippen molar-refractivity contribution in [3.05, 3.63) is 42.5 Å². The summed E-state index contributed by atoms with van der Waals surface area (Å²) in [7, 11) is 1.81. The second-order valence-corrected chi connectivity index (χ2v) is 6.51. The molecule has 1 saturated heterocycles. The first kappa shape index (κ1) is 17.4. The van der Waals surface area contributed by atoms with Crippen molar-refractivity contribution < 1.29 is 9.53 Å². The standard InChI is InChI=1S/C18H25N5O2/c1-13(17-5-4-10-25-17)21-18(24)22(3)14(2)15-6-8-16(9-7-15)23-12-19-11-20-23/h6-9,11-14,17H,4-5,10H2,1-3H3,(H,21,24)/t13-,14-,17-/m0/s1. The Morgan fingerprint density at radius 1 is 1.36 bits per heavy atom. The molecule has 1 aliphatic heterocycles. The highest BCUT2D eigenvalue weighted by Gasteiger charge is 2.26. The van der Waals surface area contributed by atoms with E-state index in [9.17, 15) is 4.79 Å². The molecule has 134 valence electrons. The van der Waals surface area contributed by atoms with Gasteiger partial charge in [-0.1, -0.05) is 12.1 Å². The van der Waals surface area contributed by atoms with Gasteiger partial charge in [0.1, 0.15) is 12.7 Å². The fourth-order valence-corrected chi connectivity index (χ4v) is 3.03. The minimum Gasteiger partial charge on any atom is -0.376 e. The summed E-state index contributed by atoms with van der Waals surface area (Å²) in [5.74, 6) is 0. The fraction of sp³-hybridized carbons (Fsp3) is 0.500. The van der Waals surface area contributed by atoms with Gasteiger partial charge < -0.3 is 15.0 Å². The third-order valence-electron chi connectivity index (χ3n) is 4.83. The molecule has 7 heteroatoms. The number of aromatic nitrogens is 3. The van der Waals surface area contributed by atoms with Gasteiger partial charge in [-0.05, 0) is 44.4 Å². The smallest absolute Gasteiger partial charge is 0.317 e. The van der Waals surface area contributed by atoms with Crippen LogP contribution in [0.15, 0.2) is 36.9 Å². The number of carbonyl (C=O) groups excluding carboxylic acids is 1. The predicted octanol–water partition coefficient (Wildman–Crippen LogP) is 2.54. The Hall–Kier alpha value is -2.41. The predicted molar refractivity (Wildman–Crippen MR) is 94.5 cm³/mol. The molecule has 0 unspecified atom stereocenters. The summed E-state index contributed by atoms with van der Waals surface area (Å²) in [5, 5.41) is 7.16. The minimum absolute atomic E-state index is 0.0133. The number of amides is 2. The quantitative estimate of drug-likeness (QED) is 0.905. The number of benzene rings is 1. The maximum atomic E-state index is 12.5. The van der Waals surface area contributed by atoms with E-state index in [1.54, 1.807) is 15.9 Å². The van der Waals surface area contributed by atoms with Gasteiger partial charge in [-0.2, -0.15) is 5.10 Å². The maximum absolute atomic E-state index is 12.5. The molecule has 1 fully saturated rings. The van der Waals surface area contributed by atoms with Crippen molar-refractivity contribution in [2.24, 2.45) is 0 Å². The number of hydrogen-bond donors (Lipinski definition) is 1. The van der Waals surface area contributed by atoms with Gasteiger partial charge in [-0.3, -0.25) is 0 Å². The molecule has 1 N–H and O–H groups in total. The van der Waals surface area contributed by atoms with E-state index < -0.39 is 0 Å². The van der Waals surface area contributed by atoms with Crippen LogP contribution in [0.25, 0.3) is 5.69 Å². The van der Waals surface area contributed by atoms with Crippen molar-refractivity contribution in [3.8, 4) is 5.69 Å². The molecule has 0 saturated carbocycles. The van der Waals surface area contributed by atoms with Gasteiger partial charge in [0.25, 0.3) is 0 Å². The highest BCUT2D eigenvalue weighted by Crippen LogP contribution is 2.21. The van der Waals surface area contributed by atoms with Gasteiger partial charge in [0.15, 0.2) is 0 Å². The first-order chi connectivity index (χ1) is 12.1. The van der Waals surface area contributed by atoms with Gasteiger partial charge in [0, 0.05) is 13.7 Å². The molecule has 2 aromatic rings. The maximum Gasteiger partial charge on any atom is 0.317 e. The van der Waals surface area contributed by atoms with Crippen molar-refractivity contribution in [2.75, 3.05) is 13.7 Å². The Morgan fingerprint density at radius 2 is 2.12 bits per heavy atom. The number of ether oxygens (including phenoxy) is 1. The van der Waals surface area contributed by atoms with Crippen LogP contribution in [0.1, 0.15) is 38.3 Å². The molecule has 0 aliphatic carbocycles. The lowest BCUT2D eigenvalue weighted by Gasteiger charge is -2.29. The Bertz CT molecular complexity index is 680. The average Bonchev–Trinajstić information content (AvgIpc) is 3.33. The first-order valence-corrected chi connectivity index (χ1v) is 8.66. The number of nitrogens with zero attached hydrogens (tertiary/aromatic N) is 4. The van der Waals surface area contributed by atoms with E-state index >= 15 is 0 Å². The summed E-state index contributed by atoms with van der Waals surface area (Å²) in [6.45, 7) is 4.80. The molecule has 25 heavy (non-hydrogen) atoms. The van der Waals surface area contributed by atoms with E-state index in [0.717, 1.165) is 30.7 Å². The summed E-state index contributed by atoms with van der Waals surface area (Å²) in [6.07, 6.45) is 5.35. The molecule has 3 atom stereocenters. The Kier molecular flexibility index (Phi) is 5.33. The zero-order chi connectivity index (χ0) is 17.8. The molecule has 0 bridgehead atoms. The van der Waals surface area contributed by atoms with Gasteiger partial charge in [0.05, 0.1) is 23.9 Å². The number of carbonyl (C=O) groups is 1. The number of nitrogens with one attached hydrogen (secondary N) is 1. The monoisotopic (exact) mass is 343 g/mol. The van der Waals surface area contributed by atoms with E-state index in [-0.39, 0.29) is 24.2 Å². The Labute approximate surface area is 148 Å². The van der Waals surface area contributed by atoms with Crippen LogP contribution >= 0.6 is 0 Å². The van der Waals surface area contributed by atoms with Crippen LogP contribution in [0.3, 0.4) is 0 Å². The van der Waals surface area contributed by atoms with E-state index in [0.29, 0.717) is 0 Å². The molecule has 3 rings (SSSR count). The lowest BCUT2D eigenvalue weighted by molar-refractivity contribution is 0.0830. The second kappa shape index (κ2) is 7.65. The summed E-state index contributed by atoms with van der Waals surface area (Å²) in [4.78, 5) is 18.2. The zero-order valence-corrected chi connectivity index (χ0v) is 14.9. The van der Waals surface area contributed by atoms with E-state index in [1.807, 2.05) is 45.2 Å². The van der Waals surface area contributed by atoms with Crippen molar-refractivity contribution in [2.45, 2.75) is 44.9 Å². The summed E-state index contributed by atoms with van der Waals surface area (Å²) < 4.78 is 7.34. The lowest BCUT2D eigenvalue weighted by atomic mass is 10.1. The minimum atomic E-state index is -0.0872.